The molecule has 0 spiro atoms. The zero-order valence-electron chi connectivity index (χ0n) is 73.5. The summed E-state index contributed by atoms with van der Waals surface area (Å²) in [6.45, 7) is 61.2. The maximum absolute atomic E-state index is 8.84. The highest BCUT2D eigenvalue weighted by Crippen LogP contribution is 2.39. The third kappa shape index (κ3) is 53.5. The predicted octanol–water partition coefficient (Wildman–Crippen LogP) is 12.6. The molecule has 0 amide bonds. The molecule has 5 aromatic rings. The number of nitrogens with zero attached hydrogens (tertiary/aromatic N) is 12. The van der Waals surface area contributed by atoms with Crippen LogP contribution in [0.25, 0.3) is 0 Å². The van der Waals surface area contributed by atoms with Crippen molar-refractivity contribution in [2.75, 3.05) is 177 Å². The van der Waals surface area contributed by atoms with Crippen LogP contribution < -0.4 is 31.9 Å². The molecule has 4 bridgehead atoms. The number of aryl methyl sites for hydroxylation is 7. The van der Waals surface area contributed by atoms with Crippen molar-refractivity contribution in [1.29, 1.82) is 0 Å². The van der Waals surface area contributed by atoms with Crippen molar-refractivity contribution >= 4 is 11.8 Å². The molecule has 22 heteroatoms. The molecule has 14 fully saturated rings. The topological polar surface area (TPSA) is 206 Å². The zero-order valence-corrected chi connectivity index (χ0v) is 74.3. The van der Waals surface area contributed by atoms with Crippen LogP contribution in [0, 0.1) is 58.8 Å². The molecule has 14 aliphatic rings. The van der Waals surface area contributed by atoms with Gasteiger partial charge in [0, 0.05) is 194 Å². The number of likely N-dealkylation sites (N-methyl/N-ethyl adjacent to an activating group) is 1. The Kier molecular flexibility index (Phi) is 58.2. The highest BCUT2D eigenvalue weighted by atomic mass is 32.2. The smallest absolute Gasteiger partial charge is 0.105 e. The van der Waals surface area contributed by atoms with Gasteiger partial charge in [-0.3, -0.25) is 24.8 Å². The fourth-order valence-electron chi connectivity index (χ4n) is 13.4. The minimum Gasteiger partial charge on any atom is -0.392 e. The SMILES string of the molecule is C.CC12CCN(CC1)CC2.CC1CC(O)CN1.CC1CCCN1.CC1CCCN1.CC1CCN(C)CC1.CC1CCNCC1.CC1CN2CCN1CC2.CC1CNCCN1C.CC1CNCCO1.CC1CSCCN1C.Cc1ccccn1.Cc1cccnc1.Cc1ccnc(C)c1.Cc1ncc[nH]1.Cc1nccn1C. The molecule has 8 atom stereocenters. The zero-order chi connectivity index (χ0) is 80.7. The summed E-state index contributed by atoms with van der Waals surface area (Å²) in [6, 6.07) is 18.3. The normalized spacial score (nSPS) is 27.6. The van der Waals surface area contributed by atoms with Crippen LogP contribution in [-0.2, 0) is 11.8 Å². The molecule has 5 aromatic heterocycles. The number of H-pyrrole nitrogens is 1. The first-order valence-corrected chi connectivity index (χ1v) is 43.8. The van der Waals surface area contributed by atoms with E-state index in [1.807, 2.05) is 101 Å². The number of piperazine rings is 4. The minimum absolute atomic E-state index is 0. The number of thioether (sulfide) groups is 1. The largest absolute Gasteiger partial charge is 0.392 e. The van der Waals surface area contributed by atoms with Crippen LogP contribution in [-0.4, -0.2) is 294 Å². The number of rotatable bonds is 0. The first-order chi connectivity index (χ1) is 52.7. The van der Waals surface area contributed by atoms with Gasteiger partial charge in [0.05, 0.1) is 18.8 Å². The van der Waals surface area contributed by atoms with Crippen LogP contribution in [0.15, 0.2) is 92.0 Å². The third-order valence-electron chi connectivity index (χ3n) is 22.2. The quantitative estimate of drug-likeness (QED) is 0.0726. The lowest BCUT2D eigenvalue weighted by Crippen LogP contribution is -2.59. The number of morpholine rings is 1. The summed E-state index contributed by atoms with van der Waals surface area (Å²) in [4.78, 5) is 37.6. The van der Waals surface area contributed by atoms with Crippen molar-refractivity contribution in [2.45, 2.75) is 244 Å². The highest BCUT2D eigenvalue weighted by molar-refractivity contribution is 7.99. The highest BCUT2D eigenvalue weighted by Gasteiger charge is 2.35. The molecule has 0 aliphatic carbocycles. The van der Waals surface area contributed by atoms with Gasteiger partial charge in [-0.1, -0.05) is 40.3 Å². The maximum Gasteiger partial charge on any atom is 0.105 e. The van der Waals surface area contributed by atoms with Crippen LogP contribution in [0.2, 0.25) is 0 Å². The molecule has 0 saturated carbocycles. The van der Waals surface area contributed by atoms with Crippen molar-refractivity contribution in [1.82, 2.24) is 95.8 Å². The number of β-amino-alcohol motifs (C(OH)–C–C–N with tert-alkyl or cyclic N) is 1. The Morgan fingerprint density at radius 3 is 1.41 bits per heavy atom. The summed E-state index contributed by atoms with van der Waals surface area (Å²) in [6.07, 6.45) is 31.1. The van der Waals surface area contributed by atoms with Gasteiger partial charge in [-0.15, -0.1) is 0 Å². The van der Waals surface area contributed by atoms with E-state index >= 15 is 0 Å². The standard InChI is InChI=1S/C8H15N.C7H14N2.C7H15N.C7H9N.C6H14N2.C6H13NS.C6H13N.2C6H7N.C5H8N2.2C5H11NO.2C5H11N.C4H6N2.CH4/c1-8-2-5-9(6-3-8)7-4-8;1-7-6-8-2-4-9(7)5-3-8;1-7-3-5-8(2)6-4-7;1-6-3-4-8-7(2)5-6;1-6-5-7-3-4-8(6)2;1-6-5-8-4-3-7(6)2;1-6-2-4-7-5-3-6;1-6-3-2-4-7-5-6;1-6-4-2-3-5-7-6;1-5-6-3-4-7(5)2;1-4-2-5(7)3-6-4;1-5-4-6-2-3-7-5;2*1-5-3-2-4-6-5;1-4-5-2-3-6-4;/h2-7H2,1H3;7H,2-6H2,1H3;7H,3-6H2,1-2H3;3-5H,1-2H3;6-7H,3-5H2,1-2H3;6H,3-5H2,1-2H3;6-7H,2-5H2,1H3;2*2-5H,1H3;3-4H,1-2H3;4-7H,2-3H2,1H3;5-6H,2-4H2,1H3;2*5-6H,2-4H2,1H3;2-3H,1H3,(H,5,6);1H4. The monoisotopic (exact) mass is 1570 g/mol. The van der Waals surface area contributed by atoms with Crippen molar-refractivity contribution in [2.24, 2.45) is 24.3 Å². The van der Waals surface area contributed by atoms with E-state index in [-0.39, 0.29) is 13.5 Å². The van der Waals surface area contributed by atoms with E-state index in [0.29, 0.717) is 12.1 Å². The van der Waals surface area contributed by atoms with Gasteiger partial charge in [-0.25, -0.2) is 9.97 Å². The van der Waals surface area contributed by atoms with Gasteiger partial charge >= 0.3 is 0 Å². The number of aliphatic hydroxyl groups is 1. The second-order valence-corrected chi connectivity index (χ2v) is 34.4. The van der Waals surface area contributed by atoms with E-state index < -0.39 is 0 Å². The predicted molar refractivity (Wildman–Crippen MR) is 477 cm³/mol. The number of hydrogen-bond donors (Lipinski definition) is 8. The fourth-order valence-corrected chi connectivity index (χ4v) is 14.6. The molecule has 19 rings (SSSR count). The number of piperidine rings is 5. The molecule has 0 radical (unpaired) electrons. The molecule has 19 heterocycles. The van der Waals surface area contributed by atoms with Crippen LogP contribution in [0.5, 0.6) is 0 Å². The van der Waals surface area contributed by atoms with Gasteiger partial charge < -0.3 is 70.9 Å². The Morgan fingerprint density at radius 2 is 1.15 bits per heavy atom. The summed E-state index contributed by atoms with van der Waals surface area (Å²) in [7, 11) is 8.55. The maximum atomic E-state index is 8.84. The summed E-state index contributed by atoms with van der Waals surface area (Å²) < 4.78 is 7.19. The number of aliphatic hydroxyl groups excluding tert-OH is 1. The number of aromatic amines is 1. The van der Waals surface area contributed by atoms with Crippen LogP contribution >= 0.6 is 11.8 Å². The number of likely N-dealkylation sites (tertiary alicyclic amines) is 1. The number of imidazole rings is 2. The number of fused-ring (bicyclic) bond motifs is 6. The molecule has 0 aromatic carbocycles. The van der Waals surface area contributed by atoms with E-state index in [0.717, 1.165) is 116 Å². The van der Waals surface area contributed by atoms with Gasteiger partial charge in [0.2, 0.25) is 0 Å². The molecular formula is C89H169N19O2S. The Balaban J connectivity index is 0.000000404. The molecule has 8 unspecified atom stereocenters. The second-order valence-electron chi connectivity index (χ2n) is 33.3. The molecular weight excluding hydrogens is 1400 g/mol. The number of nitrogens with one attached hydrogen (secondary N) is 7. The van der Waals surface area contributed by atoms with Crippen LogP contribution in [0.4, 0.5) is 0 Å². The summed E-state index contributed by atoms with van der Waals surface area (Å²) in [5.41, 5.74) is 5.39. The Morgan fingerprint density at radius 1 is 0.523 bits per heavy atom. The molecule has 638 valence electrons. The fraction of sp³-hybridized carbons (Fsp3) is 0.764. The van der Waals surface area contributed by atoms with E-state index in [2.05, 4.69) is 206 Å². The Labute approximate surface area is 684 Å². The summed E-state index contributed by atoms with van der Waals surface area (Å²) in [5, 5.41) is 28.4. The van der Waals surface area contributed by atoms with E-state index in [1.54, 1.807) is 31.0 Å². The number of pyridine rings is 3. The summed E-state index contributed by atoms with van der Waals surface area (Å²) in [5.74, 6) is 6.61. The van der Waals surface area contributed by atoms with Crippen molar-refractivity contribution in [3.63, 3.8) is 0 Å². The second kappa shape index (κ2) is 62.9. The van der Waals surface area contributed by atoms with Crippen molar-refractivity contribution in [3.8, 4) is 0 Å². The first kappa shape index (κ1) is 103. The van der Waals surface area contributed by atoms with E-state index in [9.17, 15) is 0 Å². The number of aromatic nitrogens is 7. The van der Waals surface area contributed by atoms with Crippen LogP contribution in [0.1, 0.15) is 188 Å². The van der Waals surface area contributed by atoms with Gasteiger partial charge in [0.1, 0.15) is 11.6 Å². The summed E-state index contributed by atoms with van der Waals surface area (Å²) >= 11 is 2.07. The van der Waals surface area contributed by atoms with Gasteiger partial charge in [0.25, 0.3) is 0 Å². The van der Waals surface area contributed by atoms with E-state index in [4.69, 9.17) is 9.84 Å². The first-order valence-electron chi connectivity index (χ1n) is 42.7. The van der Waals surface area contributed by atoms with Gasteiger partial charge in [0.15, 0.2) is 0 Å². The average molecular weight is 1570 g/mol. The van der Waals surface area contributed by atoms with E-state index in [1.165, 1.54) is 198 Å². The van der Waals surface area contributed by atoms with Gasteiger partial charge in [-0.2, -0.15) is 11.8 Å². The van der Waals surface area contributed by atoms with Crippen molar-refractivity contribution in [3.05, 3.63) is 126 Å². The molecule has 14 saturated heterocycles. The molecule has 8 N–H and O–H groups in total. The molecule has 21 nitrogen and oxygen atoms in total. The van der Waals surface area contributed by atoms with Crippen LogP contribution in [0.3, 0.4) is 0 Å². The van der Waals surface area contributed by atoms with Gasteiger partial charge in [-0.05, 0) is 306 Å². The average Bonchev–Trinajstić information content (AvgIpc) is 1.73. The Hall–Kier alpha value is -4.34. The Bertz CT molecular complexity index is 2680. The lowest BCUT2D eigenvalue weighted by molar-refractivity contribution is 0.0214. The lowest BCUT2D eigenvalue weighted by atomic mass is 9.74. The minimum atomic E-state index is -0.0880. The number of hydrogen-bond acceptors (Lipinski definition) is 20. The van der Waals surface area contributed by atoms with Crippen molar-refractivity contribution < 1.29 is 9.84 Å². The molecule has 111 heavy (non-hydrogen) atoms. The lowest BCUT2D eigenvalue weighted by Gasteiger charge is -2.46. The molecule has 14 aliphatic heterocycles. The third-order valence-corrected chi connectivity index (χ3v) is 23.4. The number of ether oxygens (including phenoxy) is 1.